The molecule has 0 spiro atoms. The van der Waals surface area contributed by atoms with Gasteiger partial charge in [0.1, 0.15) is 0 Å². The molecule has 0 amide bonds. The smallest absolute Gasteiger partial charge is 0.335 e. The van der Waals surface area contributed by atoms with Crippen LogP contribution in [0.1, 0.15) is 47.8 Å². The fraction of sp³-hybridized carbons (Fsp3) is 0.182. The van der Waals surface area contributed by atoms with Gasteiger partial charge in [-0.05, 0) is 43.2 Å². The first kappa shape index (κ1) is 17.5. The largest absolute Gasteiger partial charge is 0.478 e. The molecule has 0 aliphatic heterocycles. The summed E-state index contributed by atoms with van der Waals surface area (Å²) in [4.78, 5) is 11.0. The maximum absolute atomic E-state index is 11.0. The molecule has 0 radical (unpaired) electrons. The minimum absolute atomic E-state index is 0.208. The van der Waals surface area contributed by atoms with E-state index in [1.54, 1.807) is 12.1 Å². The van der Waals surface area contributed by atoms with Gasteiger partial charge >= 0.3 is 5.97 Å². The van der Waals surface area contributed by atoms with Crippen molar-refractivity contribution in [1.29, 1.82) is 5.26 Å². The van der Waals surface area contributed by atoms with Gasteiger partial charge in [-0.15, -0.1) is 0 Å². The molecule has 3 aromatic rings. The average Bonchev–Trinajstić information content (AvgIpc) is 3.04. The van der Waals surface area contributed by atoms with Crippen molar-refractivity contribution in [2.24, 2.45) is 0 Å². The lowest BCUT2D eigenvalue weighted by molar-refractivity contribution is 0.0697. The van der Waals surface area contributed by atoms with Crippen LogP contribution in [-0.2, 0) is 0 Å². The Bertz CT molecular complexity index is 1020. The van der Waals surface area contributed by atoms with Gasteiger partial charge in [0.05, 0.1) is 17.2 Å². The molecule has 0 unspecified atom stereocenters. The zero-order valence-corrected chi connectivity index (χ0v) is 14.8. The Morgan fingerprint density at radius 3 is 2.46 bits per heavy atom. The van der Waals surface area contributed by atoms with Crippen LogP contribution in [-0.4, -0.2) is 15.6 Å². The standard InChI is InChI=1S/C22H20N2O2/c1-3-15(2)24-14-19(20-6-4-5-7-21(20)24)12-18(13-23)16-8-10-17(11-9-16)22(25)26/h4-12,14-15H,3H2,1-2H3,(H,25,26)/b18-12-/t15-/m0/s1. The highest BCUT2D eigenvalue weighted by Crippen LogP contribution is 2.29. The number of para-hydroxylation sites is 1. The predicted molar refractivity (Wildman–Crippen MR) is 104 cm³/mol. The molecule has 2 aromatic carbocycles. The number of hydrogen-bond acceptors (Lipinski definition) is 2. The van der Waals surface area contributed by atoms with E-state index >= 15 is 0 Å². The number of carboxylic acid groups (broad SMARTS) is 1. The number of benzene rings is 2. The fourth-order valence-electron chi connectivity index (χ4n) is 3.04. The molecule has 4 heteroatoms. The number of hydrogen-bond donors (Lipinski definition) is 1. The Morgan fingerprint density at radius 1 is 1.19 bits per heavy atom. The lowest BCUT2D eigenvalue weighted by atomic mass is 10.0. The van der Waals surface area contributed by atoms with Gasteiger partial charge in [0.2, 0.25) is 0 Å². The Kier molecular flexibility index (Phi) is 4.90. The van der Waals surface area contributed by atoms with E-state index in [4.69, 9.17) is 5.11 Å². The Morgan fingerprint density at radius 2 is 1.85 bits per heavy atom. The monoisotopic (exact) mass is 344 g/mol. The Balaban J connectivity index is 2.10. The number of nitriles is 1. The zero-order valence-electron chi connectivity index (χ0n) is 14.8. The van der Waals surface area contributed by atoms with Gasteiger partial charge in [-0.25, -0.2) is 4.79 Å². The van der Waals surface area contributed by atoms with Crippen LogP contribution in [0.3, 0.4) is 0 Å². The highest BCUT2D eigenvalue weighted by molar-refractivity contribution is 5.98. The summed E-state index contributed by atoms with van der Waals surface area (Å²) in [6.07, 6.45) is 4.97. The van der Waals surface area contributed by atoms with Crippen LogP contribution >= 0.6 is 0 Å². The van der Waals surface area contributed by atoms with E-state index in [2.05, 4.69) is 42.8 Å². The van der Waals surface area contributed by atoms with Crippen molar-refractivity contribution in [3.05, 3.63) is 71.4 Å². The van der Waals surface area contributed by atoms with Gasteiger partial charge in [0, 0.05) is 28.7 Å². The van der Waals surface area contributed by atoms with Gasteiger partial charge in [0.25, 0.3) is 0 Å². The number of nitrogens with zero attached hydrogens (tertiary/aromatic N) is 2. The van der Waals surface area contributed by atoms with E-state index in [0.717, 1.165) is 22.9 Å². The summed E-state index contributed by atoms with van der Waals surface area (Å²) in [6.45, 7) is 4.33. The van der Waals surface area contributed by atoms with Crippen molar-refractivity contribution < 1.29 is 9.90 Å². The summed E-state index contributed by atoms with van der Waals surface area (Å²) in [7, 11) is 0. The van der Waals surface area contributed by atoms with E-state index < -0.39 is 5.97 Å². The van der Waals surface area contributed by atoms with Gasteiger partial charge in [-0.3, -0.25) is 0 Å². The normalized spacial score (nSPS) is 12.7. The number of carbonyl (C=O) groups is 1. The van der Waals surface area contributed by atoms with Crippen molar-refractivity contribution in [1.82, 2.24) is 4.57 Å². The number of allylic oxidation sites excluding steroid dienone is 1. The second-order valence-electron chi connectivity index (χ2n) is 6.32. The third-order valence-corrected chi connectivity index (χ3v) is 4.70. The van der Waals surface area contributed by atoms with Crippen LogP contribution in [0.5, 0.6) is 0 Å². The summed E-state index contributed by atoms with van der Waals surface area (Å²) in [5.41, 5.74) is 3.55. The Hall–Kier alpha value is -3.32. The zero-order chi connectivity index (χ0) is 18.7. The third kappa shape index (κ3) is 3.25. The molecule has 4 nitrogen and oxygen atoms in total. The number of aromatic nitrogens is 1. The molecule has 0 aliphatic rings. The quantitative estimate of drug-likeness (QED) is 0.632. The van der Waals surface area contributed by atoms with Crippen molar-refractivity contribution in [2.45, 2.75) is 26.3 Å². The summed E-state index contributed by atoms with van der Waals surface area (Å²) in [6, 6.07) is 17.1. The number of carboxylic acids is 1. The summed E-state index contributed by atoms with van der Waals surface area (Å²) >= 11 is 0. The SMILES string of the molecule is CC[C@H](C)n1cc(/C=C(/C#N)c2ccc(C(=O)O)cc2)c2ccccc21. The molecule has 1 aromatic heterocycles. The highest BCUT2D eigenvalue weighted by Gasteiger charge is 2.12. The van der Waals surface area contributed by atoms with Crippen LogP contribution in [0.15, 0.2) is 54.7 Å². The number of aromatic carboxylic acids is 1. The number of rotatable bonds is 5. The molecular weight excluding hydrogens is 324 g/mol. The van der Waals surface area contributed by atoms with Gasteiger partial charge in [0.15, 0.2) is 0 Å². The summed E-state index contributed by atoms with van der Waals surface area (Å²) in [5.74, 6) is -0.976. The minimum atomic E-state index is -0.976. The maximum Gasteiger partial charge on any atom is 0.335 e. The van der Waals surface area contributed by atoms with E-state index in [1.165, 1.54) is 12.1 Å². The van der Waals surface area contributed by atoms with E-state index in [9.17, 15) is 10.1 Å². The van der Waals surface area contributed by atoms with Crippen LogP contribution in [0.25, 0.3) is 22.6 Å². The van der Waals surface area contributed by atoms with Crippen molar-refractivity contribution in [3.63, 3.8) is 0 Å². The van der Waals surface area contributed by atoms with Gasteiger partial charge < -0.3 is 9.67 Å². The van der Waals surface area contributed by atoms with Crippen LogP contribution in [0.4, 0.5) is 0 Å². The van der Waals surface area contributed by atoms with Crippen molar-refractivity contribution in [2.75, 3.05) is 0 Å². The molecule has 1 atom stereocenters. The first-order valence-electron chi connectivity index (χ1n) is 8.60. The molecule has 0 bridgehead atoms. The molecule has 0 aliphatic carbocycles. The topological polar surface area (TPSA) is 66.0 Å². The highest BCUT2D eigenvalue weighted by atomic mass is 16.4. The number of fused-ring (bicyclic) bond motifs is 1. The third-order valence-electron chi connectivity index (χ3n) is 4.70. The molecule has 3 rings (SSSR count). The molecule has 130 valence electrons. The van der Waals surface area contributed by atoms with Gasteiger partial charge in [-0.2, -0.15) is 5.26 Å². The summed E-state index contributed by atoms with van der Waals surface area (Å²) in [5, 5.41) is 19.7. The molecule has 0 saturated carbocycles. The molecule has 0 saturated heterocycles. The molecule has 1 N–H and O–H groups in total. The lowest BCUT2D eigenvalue weighted by Gasteiger charge is -2.12. The first-order valence-corrected chi connectivity index (χ1v) is 8.60. The molecular formula is C22H20N2O2. The Labute approximate surface area is 152 Å². The van der Waals surface area contributed by atoms with Crippen LogP contribution in [0, 0.1) is 11.3 Å². The van der Waals surface area contributed by atoms with E-state index in [0.29, 0.717) is 17.2 Å². The second-order valence-corrected chi connectivity index (χ2v) is 6.32. The minimum Gasteiger partial charge on any atom is -0.478 e. The van der Waals surface area contributed by atoms with Gasteiger partial charge in [-0.1, -0.05) is 37.3 Å². The summed E-state index contributed by atoms with van der Waals surface area (Å²) < 4.78 is 2.24. The lowest BCUT2D eigenvalue weighted by Crippen LogP contribution is -2.01. The van der Waals surface area contributed by atoms with E-state index in [1.807, 2.05) is 18.2 Å². The molecule has 1 heterocycles. The van der Waals surface area contributed by atoms with Crippen LogP contribution < -0.4 is 0 Å². The molecule has 0 fully saturated rings. The maximum atomic E-state index is 11.0. The van der Waals surface area contributed by atoms with Crippen LogP contribution in [0.2, 0.25) is 0 Å². The second kappa shape index (κ2) is 7.28. The average molecular weight is 344 g/mol. The fourth-order valence-corrected chi connectivity index (χ4v) is 3.04. The molecule has 26 heavy (non-hydrogen) atoms. The predicted octanol–water partition coefficient (Wildman–Crippen LogP) is 5.37. The van der Waals surface area contributed by atoms with Crippen molar-refractivity contribution in [3.8, 4) is 6.07 Å². The van der Waals surface area contributed by atoms with E-state index in [-0.39, 0.29) is 5.56 Å². The van der Waals surface area contributed by atoms with Crippen molar-refractivity contribution >= 4 is 28.5 Å². The first-order chi connectivity index (χ1) is 12.5.